The number of aliphatic imine (C=N–C) groups is 1. The smallest absolute Gasteiger partial charge is 0.0783 e. The second-order valence-corrected chi connectivity index (χ2v) is 4.47. The van der Waals surface area contributed by atoms with Crippen LogP contribution in [0.15, 0.2) is 68.8 Å². The molecular formula is C15H15NS. The fourth-order valence-electron chi connectivity index (χ4n) is 1.63. The first kappa shape index (κ1) is 12.0. The van der Waals surface area contributed by atoms with Crippen molar-refractivity contribution in [2.24, 2.45) is 4.99 Å². The van der Waals surface area contributed by atoms with Crippen LogP contribution in [0.2, 0.25) is 0 Å². The van der Waals surface area contributed by atoms with E-state index >= 15 is 0 Å². The third-order valence-electron chi connectivity index (χ3n) is 2.35. The van der Waals surface area contributed by atoms with Gasteiger partial charge in [0.1, 0.15) is 0 Å². The molecule has 0 amide bonds. The molecule has 1 heterocycles. The molecule has 0 atom stereocenters. The minimum atomic E-state index is 1.02. The van der Waals surface area contributed by atoms with Crippen molar-refractivity contribution in [1.29, 1.82) is 0 Å². The summed E-state index contributed by atoms with van der Waals surface area (Å²) in [6.45, 7) is 4.00. The van der Waals surface area contributed by atoms with Crippen LogP contribution in [0, 0.1) is 0 Å². The molecule has 86 valence electrons. The van der Waals surface area contributed by atoms with Crippen LogP contribution < -0.4 is 0 Å². The van der Waals surface area contributed by atoms with Gasteiger partial charge in [-0.2, -0.15) is 0 Å². The Labute approximate surface area is 107 Å². The monoisotopic (exact) mass is 241 g/mol. The Morgan fingerprint density at radius 1 is 1.18 bits per heavy atom. The molecule has 0 aromatic carbocycles. The van der Waals surface area contributed by atoms with Gasteiger partial charge in [0.05, 0.1) is 11.4 Å². The maximum absolute atomic E-state index is 4.63. The Kier molecular flexibility index (Phi) is 4.03. The third-order valence-corrected chi connectivity index (χ3v) is 3.51. The first-order valence-corrected chi connectivity index (χ1v) is 6.72. The molecule has 0 bridgehead atoms. The highest BCUT2D eigenvalue weighted by Crippen LogP contribution is 2.39. The van der Waals surface area contributed by atoms with Crippen LogP contribution in [-0.4, -0.2) is 5.71 Å². The van der Waals surface area contributed by atoms with Crippen molar-refractivity contribution in [3.63, 3.8) is 0 Å². The summed E-state index contributed by atoms with van der Waals surface area (Å²) in [6, 6.07) is 0. The normalized spacial score (nSPS) is 19.6. The van der Waals surface area contributed by atoms with Crippen molar-refractivity contribution in [3.05, 3.63) is 63.8 Å². The zero-order valence-corrected chi connectivity index (χ0v) is 10.9. The first-order valence-electron chi connectivity index (χ1n) is 5.90. The summed E-state index contributed by atoms with van der Waals surface area (Å²) < 4.78 is 0. The van der Waals surface area contributed by atoms with Gasteiger partial charge in [0.15, 0.2) is 0 Å². The van der Waals surface area contributed by atoms with Gasteiger partial charge in [-0.15, -0.1) is 5.73 Å². The van der Waals surface area contributed by atoms with E-state index in [9.17, 15) is 0 Å². The molecule has 0 fully saturated rings. The lowest BCUT2D eigenvalue weighted by Crippen LogP contribution is -2.06. The van der Waals surface area contributed by atoms with Crippen LogP contribution >= 0.6 is 11.8 Å². The molecule has 0 radical (unpaired) electrons. The number of fused-ring (bicyclic) bond motifs is 2. The summed E-state index contributed by atoms with van der Waals surface area (Å²) in [5.74, 6) is 0. The number of hydrogen-bond acceptors (Lipinski definition) is 2. The zero-order chi connectivity index (χ0) is 12.1. The Morgan fingerprint density at radius 2 is 2.00 bits per heavy atom. The molecule has 2 aliphatic carbocycles. The van der Waals surface area contributed by atoms with Crippen LogP contribution in [0.3, 0.4) is 0 Å². The van der Waals surface area contributed by atoms with E-state index in [0.29, 0.717) is 0 Å². The van der Waals surface area contributed by atoms with Crippen molar-refractivity contribution in [3.8, 4) is 0 Å². The summed E-state index contributed by atoms with van der Waals surface area (Å²) in [5.41, 5.74) is 5.19. The van der Waals surface area contributed by atoms with Gasteiger partial charge in [-0.05, 0) is 36.8 Å². The molecule has 1 aliphatic heterocycles. The summed E-state index contributed by atoms with van der Waals surface area (Å²) in [4.78, 5) is 7.11. The van der Waals surface area contributed by atoms with Gasteiger partial charge in [-0.3, -0.25) is 0 Å². The molecule has 2 heteroatoms. The molecule has 0 N–H and O–H groups in total. The Hall–Kier alpha value is -1.50. The molecule has 0 saturated carbocycles. The van der Waals surface area contributed by atoms with E-state index in [4.69, 9.17) is 0 Å². The Morgan fingerprint density at radius 3 is 2.88 bits per heavy atom. The van der Waals surface area contributed by atoms with Crippen molar-refractivity contribution in [1.82, 2.24) is 0 Å². The van der Waals surface area contributed by atoms with Crippen LogP contribution in [0.5, 0.6) is 0 Å². The molecule has 0 saturated heterocycles. The molecule has 17 heavy (non-hydrogen) atoms. The SMILES string of the molecule is C1=CC=C2N=C3C=CCC=C3SC2=CC=1.CC. The van der Waals surface area contributed by atoms with E-state index in [1.54, 1.807) is 11.8 Å². The number of hydrogen-bond donors (Lipinski definition) is 0. The number of rotatable bonds is 0. The van der Waals surface area contributed by atoms with Gasteiger partial charge in [-0.25, -0.2) is 4.99 Å². The number of nitrogens with zero attached hydrogens (tertiary/aromatic N) is 1. The summed E-state index contributed by atoms with van der Waals surface area (Å²) in [7, 11) is 0. The Balaban J connectivity index is 0.000000514. The zero-order valence-electron chi connectivity index (χ0n) is 10.1. The molecule has 0 unspecified atom stereocenters. The second-order valence-electron chi connectivity index (χ2n) is 3.39. The maximum Gasteiger partial charge on any atom is 0.0783 e. The van der Waals surface area contributed by atoms with E-state index in [1.165, 1.54) is 9.81 Å². The van der Waals surface area contributed by atoms with Crippen molar-refractivity contribution < 1.29 is 0 Å². The predicted molar refractivity (Wildman–Crippen MR) is 77.0 cm³/mol. The topological polar surface area (TPSA) is 12.4 Å². The summed E-state index contributed by atoms with van der Waals surface area (Å²) >= 11 is 1.79. The maximum atomic E-state index is 4.63. The predicted octanol–water partition coefficient (Wildman–Crippen LogP) is 4.54. The van der Waals surface area contributed by atoms with E-state index < -0.39 is 0 Å². The van der Waals surface area contributed by atoms with Gasteiger partial charge >= 0.3 is 0 Å². The second kappa shape index (κ2) is 5.72. The van der Waals surface area contributed by atoms with Crippen LogP contribution in [0.1, 0.15) is 20.3 Å². The molecule has 3 rings (SSSR count). The highest BCUT2D eigenvalue weighted by Gasteiger charge is 2.19. The van der Waals surface area contributed by atoms with E-state index in [-0.39, 0.29) is 0 Å². The van der Waals surface area contributed by atoms with Gasteiger partial charge in [0.2, 0.25) is 0 Å². The highest BCUT2D eigenvalue weighted by molar-refractivity contribution is 8.08. The molecule has 0 spiro atoms. The number of thioether (sulfide) groups is 1. The fraction of sp³-hybridized carbons (Fsp3) is 0.200. The standard InChI is InChI=1S/C13H9NS.C2H6/c1-2-6-10-12(8-3-1)15-13-9-5-4-7-11(13)14-10;1-2/h2-4,6-9H,5H2;1-2H3. The van der Waals surface area contributed by atoms with Crippen LogP contribution in [0.4, 0.5) is 0 Å². The van der Waals surface area contributed by atoms with Crippen molar-refractivity contribution in [2.75, 3.05) is 0 Å². The largest absolute Gasteiger partial charge is 0.247 e. The lowest BCUT2D eigenvalue weighted by molar-refractivity contribution is 1.33. The van der Waals surface area contributed by atoms with Crippen molar-refractivity contribution in [2.45, 2.75) is 20.3 Å². The lowest BCUT2D eigenvalue weighted by atomic mass is 10.1. The minimum absolute atomic E-state index is 1.02. The fourth-order valence-corrected chi connectivity index (χ4v) is 2.62. The molecule has 3 aliphatic rings. The van der Waals surface area contributed by atoms with Crippen LogP contribution in [0.25, 0.3) is 0 Å². The number of allylic oxidation sites excluding steroid dienone is 7. The van der Waals surface area contributed by atoms with Crippen LogP contribution in [-0.2, 0) is 0 Å². The van der Waals surface area contributed by atoms with Gasteiger partial charge in [0.25, 0.3) is 0 Å². The van der Waals surface area contributed by atoms with E-state index in [0.717, 1.165) is 17.8 Å². The average Bonchev–Trinajstić information content (AvgIpc) is 2.63. The van der Waals surface area contributed by atoms with E-state index in [2.05, 4.69) is 35.0 Å². The molecule has 1 nitrogen and oxygen atoms in total. The third kappa shape index (κ3) is 2.60. The first-order chi connectivity index (χ1) is 8.43. The minimum Gasteiger partial charge on any atom is -0.247 e. The van der Waals surface area contributed by atoms with Gasteiger partial charge < -0.3 is 0 Å². The molecular weight excluding hydrogens is 226 g/mol. The summed E-state index contributed by atoms with van der Waals surface area (Å²) in [6.07, 6.45) is 15.4. The van der Waals surface area contributed by atoms with Crippen molar-refractivity contribution >= 4 is 17.5 Å². The lowest BCUT2D eigenvalue weighted by Gasteiger charge is -2.19. The van der Waals surface area contributed by atoms with Gasteiger partial charge in [-0.1, -0.05) is 37.8 Å². The average molecular weight is 241 g/mol. The highest BCUT2D eigenvalue weighted by atomic mass is 32.2. The Bertz CT molecular complexity index is 521. The molecule has 0 aromatic rings. The van der Waals surface area contributed by atoms with E-state index in [1.807, 2.05) is 32.1 Å². The van der Waals surface area contributed by atoms with Gasteiger partial charge in [0, 0.05) is 9.81 Å². The quantitative estimate of drug-likeness (QED) is 0.567. The molecule has 0 aromatic heterocycles. The summed E-state index contributed by atoms with van der Waals surface area (Å²) in [5, 5.41) is 0.